The van der Waals surface area contributed by atoms with Gasteiger partial charge in [0, 0.05) is 39.4 Å². The minimum absolute atomic E-state index is 0.0588. The normalized spacial score (nSPS) is 13.9. The van der Waals surface area contributed by atoms with E-state index in [1.54, 1.807) is 37.1 Å². The van der Waals surface area contributed by atoms with Gasteiger partial charge < -0.3 is 19.4 Å². The van der Waals surface area contributed by atoms with Gasteiger partial charge in [0.25, 0.3) is 5.91 Å². The lowest BCUT2D eigenvalue weighted by Gasteiger charge is -2.36. The van der Waals surface area contributed by atoms with Crippen molar-refractivity contribution in [3.8, 4) is 0 Å². The van der Waals surface area contributed by atoms with Crippen LogP contribution < -0.4 is 4.90 Å². The molecule has 0 spiro atoms. The maximum atomic E-state index is 12.6. The van der Waals surface area contributed by atoms with Gasteiger partial charge >= 0.3 is 5.97 Å². The molecule has 0 bridgehead atoms. The Morgan fingerprint density at radius 1 is 1.17 bits per heavy atom. The number of carbonyl (C=O) groups is 3. The number of pyridine rings is 1. The molecule has 1 aliphatic heterocycles. The molecule has 0 radical (unpaired) electrons. The fourth-order valence-corrected chi connectivity index (χ4v) is 3.77. The minimum atomic E-state index is -0.386. The summed E-state index contributed by atoms with van der Waals surface area (Å²) in [7, 11) is 1.64. The van der Waals surface area contributed by atoms with E-state index in [-0.39, 0.29) is 24.3 Å². The summed E-state index contributed by atoms with van der Waals surface area (Å²) in [5, 5.41) is 1.84. The summed E-state index contributed by atoms with van der Waals surface area (Å²) in [4.78, 5) is 46.8. The van der Waals surface area contributed by atoms with Gasteiger partial charge in [-0.05, 0) is 30.5 Å². The topological polar surface area (TPSA) is 83.0 Å². The van der Waals surface area contributed by atoms with Gasteiger partial charge in [-0.2, -0.15) is 0 Å². The van der Waals surface area contributed by atoms with Crippen molar-refractivity contribution < 1.29 is 19.1 Å². The number of aromatic nitrogens is 1. The third kappa shape index (κ3) is 5.11. The SMILES string of the molecule is CCOC(=O)c1ccc(N2CCN(C(=O)CN(C)C(=O)c3cccs3)CC2)nc1. The molecule has 2 aromatic rings. The largest absolute Gasteiger partial charge is 0.462 e. The van der Waals surface area contributed by atoms with Crippen molar-refractivity contribution in [3.05, 3.63) is 46.3 Å². The summed E-state index contributed by atoms with van der Waals surface area (Å²) in [6.45, 7) is 4.53. The number of ether oxygens (including phenoxy) is 1. The molecule has 0 aromatic carbocycles. The number of anilines is 1. The highest BCUT2D eigenvalue weighted by Gasteiger charge is 2.24. The number of nitrogens with zero attached hydrogens (tertiary/aromatic N) is 4. The highest BCUT2D eigenvalue weighted by molar-refractivity contribution is 7.12. The average Bonchev–Trinajstić information content (AvgIpc) is 3.28. The van der Waals surface area contributed by atoms with E-state index in [4.69, 9.17) is 4.74 Å². The molecule has 3 heterocycles. The third-order valence-corrected chi connectivity index (χ3v) is 5.52. The molecule has 9 heteroatoms. The van der Waals surface area contributed by atoms with E-state index < -0.39 is 0 Å². The van der Waals surface area contributed by atoms with Crippen LogP contribution in [0.2, 0.25) is 0 Å². The fourth-order valence-electron chi connectivity index (χ4n) is 3.06. The van der Waals surface area contributed by atoms with E-state index in [0.717, 1.165) is 5.82 Å². The molecule has 3 rings (SSSR count). The van der Waals surface area contributed by atoms with Crippen LogP contribution in [0.1, 0.15) is 27.0 Å². The van der Waals surface area contributed by atoms with Crippen LogP contribution in [0.15, 0.2) is 35.8 Å². The van der Waals surface area contributed by atoms with Crippen molar-refractivity contribution in [1.29, 1.82) is 0 Å². The van der Waals surface area contributed by atoms with E-state index in [2.05, 4.69) is 9.88 Å². The summed E-state index contributed by atoms with van der Waals surface area (Å²) in [6.07, 6.45) is 1.51. The lowest BCUT2D eigenvalue weighted by atomic mass is 10.2. The zero-order valence-electron chi connectivity index (χ0n) is 16.5. The Morgan fingerprint density at radius 3 is 2.52 bits per heavy atom. The molecule has 0 N–H and O–H groups in total. The van der Waals surface area contributed by atoms with E-state index in [1.807, 2.05) is 11.4 Å². The predicted octanol–water partition coefficient (Wildman–Crippen LogP) is 1.74. The van der Waals surface area contributed by atoms with Gasteiger partial charge in [-0.1, -0.05) is 6.07 Å². The predicted molar refractivity (Wildman–Crippen MR) is 110 cm³/mol. The number of rotatable bonds is 6. The highest BCUT2D eigenvalue weighted by Crippen LogP contribution is 2.15. The first-order valence-corrected chi connectivity index (χ1v) is 10.3. The molecule has 2 amide bonds. The quantitative estimate of drug-likeness (QED) is 0.667. The van der Waals surface area contributed by atoms with Crippen LogP contribution in [0.5, 0.6) is 0 Å². The van der Waals surface area contributed by atoms with Crippen molar-refractivity contribution in [2.24, 2.45) is 0 Å². The zero-order valence-corrected chi connectivity index (χ0v) is 17.4. The standard InChI is InChI=1S/C20H24N4O4S/c1-3-28-20(27)15-6-7-17(21-13-15)23-8-10-24(11-9-23)18(25)14-22(2)19(26)16-5-4-12-29-16/h4-7,12-13H,3,8-11,14H2,1-2H3. The average molecular weight is 417 g/mol. The first-order valence-electron chi connectivity index (χ1n) is 9.44. The van der Waals surface area contributed by atoms with Crippen LogP contribution >= 0.6 is 11.3 Å². The van der Waals surface area contributed by atoms with E-state index in [1.165, 1.54) is 22.4 Å². The zero-order chi connectivity index (χ0) is 20.8. The van der Waals surface area contributed by atoms with Gasteiger partial charge in [0.15, 0.2) is 0 Å². The molecule has 0 unspecified atom stereocenters. The van der Waals surface area contributed by atoms with Crippen LogP contribution in [0.3, 0.4) is 0 Å². The Kier molecular flexibility index (Phi) is 6.82. The third-order valence-electron chi connectivity index (χ3n) is 4.67. The minimum Gasteiger partial charge on any atom is -0.462 e. The van der Waals surface area contributed by atoms with E-state index >= 15 is 0 Å². The van der Waals surface area contributed by atoms with Crippen LogP contribution in [0, 0.1) is 0 Å². The summed E-state index contributed by atoms with van der Waals surface area (Å²) in [6, 6.07) is 7.06. The monoisotopic (exact) mass is 416 g/mol. The van der Waals surface area contributed by atoms with Gasteiger partial charge in [0.05, 0.1) is 23.6 Å². The van der Waals surface area contributed by atoms with Gasteiger partial charge in [0.1, 0.15) is 5.82 Å². The number of thiophene rings is 1. The first kappa shape index (κ1) is 20.8. The Morgan fingerprint density at radius 2 is 1.93 bits per heavy atom. The lowest BCUT2D eigenvalue weighted by molar-refractivity contribution is -0.131. The summed E-state index contributed by atoms with van der Waals surface area (Å²) in [5.74, 6) is 0.166. The van der Waals surface area contributed by atoms with Crippen LogP contribution in [0.25, 0.3) is 0 Å². The molecule has 154 valence electrons. The van der Waals surface area contributed by atoms with Gasteiger partial charge in [-0.15, -0.1) is 11.3 Å². The van der Waals surface area contributed by atoms with Crippen LogP contribution in [-0.4, -0.2) is 78.9 Å². The van der Waals surface area contributed by atoms with Crippen LogP contribution in [0.4, 0.5) is 5.82 Å². The Bertz CT molecular complexity index is 846. The van der Waals surface area contributed by atoms with Gasteiger partial charge in [-0.3, -0.25) is 9.59 Å². The number of amides is 2. The van der Waals surface area contributed by atoms with Crippen molar-refractivity contribution in [3.63, 3.8) is 0 Å². The van der Waals surface area contributed by atoms with Crippen molar-refractivity contribution >= 4 is 34.9 Å². The smallest absolute Gasteiger partial charge is 0.339 e. The van der Waals surface area contributed by atoms with Crippen molar-refractivity contribution in [1.82, 2.24) is 14.8 Å². The molecule has 0 saturated carbocycles. The highest BCUT2D eigenvalue weighted by atomic mass is 32.1. The number of hydrogen-bond donors (Lipinski definition) is 0. The summed E-state index contributed by atoms with van der Waals surface area (Å²) < 4.78 is 4.96. The molecular weight excluding hydrogens is 392 g/mol. The second-order valence-corrected chi connectivity index (χ2v) is 7.58. The van der Waals surface area contributed by atoms with Gasteiger partial charge in [-0.25, -0.2) is 9.78 Å². The van der Waals surface area contributed by atoms with Crippen molar-refractivity contribution in [2.75, 3.05) is 51.3 Å². The second kappa shape index (κ2) is 9.51. The van der Waals surface area contributed by atoms with E-state index in [9.17, 15) is 14.4 Å². The molecule has 2 aromatic heterocycles. The summed E-state index contributed by atoms with van der Waals surface area (Å²) in [5.41, 5.74) is 0.419. The second-order valence-electron chi connectivity index (χ2n) is 6.63. The van der Waals surface area contributed by atoms with E-state index in [0.29, 0.717) is 43.2 Å². The molecule has 0 atom stereocenters. The molecule has 0 aliphatic carbocycles. The summed E-state index contributed by atoms with van der Waals surface area (Å²) >= 11 is 1.37. The fraction of sp³-hybridized carbons (Fsp3) is 0.400. The molecule has 1 fully saturated rings. The number of likely N-dealkylation sites (N-methyl/N-ethyl adjacent to an activating group) is 1. The first-order chi connectivity index (χ1) is 14.0. The Balaban J connectivity index is 1.50. The Labute approximate surface area is 173 Å². The molecular formula is C20H24N4O4S. The number of esters is 1. The Hall–Kier alpha value is -2.94. The molecule has 8 nitrogen and oxygen atoms in total. The van der Waals surface area contributed by atoms with Crippen molar-refractivity contribution in [2.45, 2.75) is 6.92 Å². The molecule has 1 aliphatic rings. The number of carbonyl (C=O) groups excluding carboxylic acids is 3. The maximum absolute atomic E-state index is 12.6. The maximum Gasteiger partial charge on any atom is 0.339 e. The van der Waals surface area contributed by atoms with Gasteiger partial charge in [0.2, 0.25) is 5.91 Å². The lowest BCUT2D eigenvalue weighted by Crippen LogP contribution is -2.51. The molecule has 29 heavy (non-hydrogen) atoms. The number of piperazine rings is 1. The molecule has 1 saturated heterocycles. The van der Waals surface area contributed by atoms with Crippen LogP contribution in [-0.2, 0) is 9.53 Å². The number of hydrogen-bond acceptors (Lipinski definition) is 7.